The van der Waals surface area contributed by atoms with E-state index in [1.807, 2.05) is 6.92 Å². The van der Waals surface area contributed by atoms with Crippen molar-refractivity contribution in [3.8, 4) is 9.88 Å². The maximum absolute atomic E-state index is 4.53. The molecule has 0 aliphatic carbocycles. The predicted molar refractivity (Wildman–Crippen MR) is 78.5 cm³/mol. The molecule has 18 heavy (non-hydrogen) atoms. The molecule has 0 unspecified atom stereocenters. The zero-order valence-corrected chi connectivity index (χ0v) is 12.8. The number of nitrogens with zero attached hydrogens (tertiary/aromatic N) is 3. The van der Waals surface area contributed by atoms with Crippen LogP contribution in [0.4, 0.5) is 5.13 Å². The fraction of sp³-hybridized carbons (Fsp3) is 0.583. The lowest BCUT2D eigenvalue weighted by atomic mass is 10.2. The highest BCUT2D eigenvalue weighted by Crippen LogP contribution is 2.34. The highest BCUT2D eigenvalue weighted by molar-refractivity contribution is 7.23. The Hall–Kier alpha value is -1.01. The van der Waals surface area contributed by atoms with Gasteiger partial charge in [-0.3, -0.25) is 0 Å². The number of nitrogens with one attached hydrogen (secondary N) is 1. The summed E-state index contributed by atoms with van der Waals surface area (Å²) >= 11 is 3.31. The second-order valence-electron chi connectivity index (χ2n) is 4.55. The number of aryl methyl sites for hydroxylation is 2. The van der Waals surface area contributed by atoms with E-state index >= 15 is 0 Å². The minimum Gasteiger partial charge on any atom is -0.360 e. The third-order valence-corrected chi connectivity index (χ3v) is 4.47. The van der Waals surface area contributed by atoms with E-state index in [9.17, 15) is 0 Å². The summed E-state index contributed by atoms with van der Waals surface area (Å²) in [6.45, 7) is 9.44. The number of thiazole rings is 1. The van der Waals surface area contributed by atoms with Crippen LogP contribution in [0.25, 0.3) is 9.88 Å². The van der Waals surface area contributed by atoms with E-state index in [0.717, 1.165) is 33.8 Å². The van der Waals surface area contributed by atoms with E-state index in [1.54, 1.807) is 22.7 Å². The number of hydrogen-bond acceptors (Lipinski definition) is 6. The molecule has 6 heteroatoms. The lowest BCUT2D eigenvalue weighted by Gasteiger charge is -2.03. The largest absolute Gasteiger partial charge is 0.360 e. The molecule has 0 aromatic carbocycles. The number of rotatable bonds is 5. The Morgan fingerprint density at radius 1 is 1.22 bits per heavy atom. The Morgan fingerprint density at radius 3 is 2.67 bits per heavy atom. The Balaban J connectivity index is 2.18. The second kappa shape index (κ2) is 5.75. The van der Waals surface area contributed by atoms with E-state index in [2.05, 4.69) is 41.3 Å². The average Bonchev–Trinajstić information content (AvgIpc) is 2.92. The van der Waals surface area contributed by atoms with Crippen molar-refractivity contribution in [2.45, 2.75) is 34.1 Å². The molecule has 0 amide bonds. The Morgan fingerprint density at radius 2 is 2.00 bits per heavy atom. The van der Waals surface area contributed by atoms with Gasteiger partial charge in [-0.2, -0.15) is 0 Å². The SMILES string of the molecule is CCc1nc(C)sc1-c1nnc(NCC(C)C)s1. The van der Waals surface area contributed by atoms with Crippen LogP contribution in [0.3, 0.4) is 0 Å². The van der Waals surface area contributed by atoms with Gasteiger partial charge < -0.3 is 5.32 Å². The predicted octanol–water partition coefficient (Wildman–Crippen LogP) is 3.60. The Bertz CT molecular complexity index is 516. The molecule has 2 aromatic heterocycles. The van der Waals surface area contributed by atoms with Gasteiger partial charge in [-0.1, -0.05) is 32.1 Å². The smallest absolute Gasteiger partial charge is 0.206 e. The normalized spacial score (nSPS) is 11.2. The summed E-state index contributed by atoms with van der Waals surface area (Å²) in [7, 11) is 0. The van der Waals surface area contributed by atoms with Crippen LogP contribution in [-0.2, 0) is 6.42 Å². The quantitative estimate of drug-likeness (QED) is 0.910. The topological polar surface area (TPSA) is 50.7 Å². The van der Waals surface area contributed by atoms with Crippen LogP contribution >= 0.6 is 22.7 Å². The summed E-state index contributed by atoms with van der Waals surface area (Å²) in [5.74, 6) is 0.606. The van der Waals surface area contributed by atoms with Crippen molar-refractivity contribution < 1.29 is 0 Å². The number of anilines is 1. The molecule has 2 rings (SSSR count). The first-order valence-corrected chi connectivity index (χ1v) is 7.77. The van der Waals surface area contributed by atoms with E-state index < -0.39 is 0 Å². The van der Waals surface area contributed by atoms with Gasteiger partial charge in [0.2, 0.25) is 5.13 Å². The minimum atomic E-state index is 0.606. The summed E-state index contributed by atoms with van der Waals surface area (Å²) in [6.07, 6.45) is 0.939. The van der Waals surface area contributed by atoms with Gasteiger partial charge in [-0.05, 0) is 19.3 Å². The van der Waals surface area contributed by atoms with E-state index in [4.69, 9.17) is 0 Å². The average molecular weight is 282 g/mol. The zero-order valence-electron chi connectivity index (χ0n) is 11.1. The first-order chi connectivity index (χ1) is 8.60. The van der Waals surface area contributed by atoms with Gasteiger partial charge in [0.25, 0.3) is 0 Å². The van der Waals surface area contributed by atoms with Crippen LogP contribution in [0.2, 0.25) is 0 Å². The molecule has 0 fully saturated rings. The van der Waals surface area contributed by atoms with Gasteiger partial charge in [-0.15, -0.1) is 21.5 Å². The van der Waals surface area contributed by atoms with Crippen molar-refractivity contribution >= 4 is 27.8 Å². The summed E-state index contributed by atoms with van der Waals surface area (Å²) in [4.78, 5) is 5.70. The van der Waals surface area contributed by atoms with E-state index in [1.165, 1.54) is 4.88 Å². The van der Waals surface area contributed by atoms with Crippen LogP contribution in [0.15, 0.2) is 0 Å². The van der Waals surface area contributed by atoms with Crippen LogP contribution in [-0.4, -0.2) is 21.7 Å². The maximum Gasteiger partial charge on any atom is 0.206 e. The van der Waals surface area contributed by atoms with Crippen molar-refractivity contribution in [1.82, 2.24) is 15.2 Å². The van der Waals surface area contributed by atoms with Gasteiger partial charge in [0.05, 0.1) is 15.6 Å². The first-order valence-electron chi connectivity index (χ1n) is 6.14. The highest BCUT2D eigenvalue weighted by atomic mass is 32.1. The van der Waals surface area contributed by atoms with Crippen LogP contribution in [0.5, 0.6) is 0 Å². The van der Waals surface area contributed by atoms with Gasteiger partial charge in [-0.25, -0.2) is 4.98 Å². The zero-order chi connectivity index (χ0) is 13.1. The highest BCUT2D eigenvalue weighted by Gasteiger charge is 2.14. The Labute approximate surface area is 116 Å². The summed E-state index contributed by atoms with van der Waals surface area (Å²) in [5.41, 5.74) is 1.13. The van der Waals surface area contributed by atoms with Gasteiger partial charge in [0.15, 0.2) is 5.01 Å². The minimum absolute atomic E-state index is 0.606. The van der Waals surface area contributed by atoms with Gasteiger partial charge in [0.1, 0.15) is 0 Å². The lowest BCUT2D eigenvalue weighted by molar-refractivity contribution is 0.687. The molecule has 0 spiro atoms. The van der Waals surface area contributed by atoms with Gasteiger partial charge in [0, 0.05) is 6.54 Å². The molecule has 2 aromatic rings. The molecule has 2 heterocycles. The van der Waals surface area contributed by atoms with Crippen molar-refractivity contribution in [3.63, 3.8) is 0 Å². The molecule has 0 saturated carbocycles. The molecule has 0 saturated heterocycles. The summed E-state index contributed by atoms with van der Waals surface area (Å²) < 4.78 is 0. The third kappa shape index (κ3) is 3.05. The first kappa shape index (κ1) is 13.4. The summed E-state index contributed by atoms with van der Waals surface area (Å²) in [6, 6.07) is 0. The van der Waals surface area contributed by atoms with Crippen LogP contribution < -0.4 is 5.32 Å². The molecule has 0 atom stereocenters. The van der Waals surface area contributed by atoms with Crippen molar-refractivity contribution in [2.24, 2.45) is 5.92 Å². The van der Waals surface area contributed by atoms with Gasteiger partial charge >= 0.3 is 0 Å². The number of hydrogen-bond donors (Lipinski definition) is 1. The number of aromatic nitrogens is 3. The monoisotopic (exact) mass is 282 g/mol. The molecular formula is C12H18N4S2. The third-order valence-electron chi connectivity index (χ3n) is 2.42. The standard InChI is InChI=1S/C12H18N4S2/c1-5-9-10(17-8(4)14-9)11-15-16-12(18-11)13-6-7(2)3/h7H,5-6H2,1-4H3,(H,13,16). The van der Waals surface area contributed by atoms with Crippen LogP contribution in [0.1, 0.15) is 31.5 Å². The lowest BCUT2D eigenvalue weighted by Crippen LogP contribution is -2.07. The fourth-order valence-electron chi connectivity index (χ4n) is 1.55. The Kier molecular flexibility index (Phi) is 4.29. The summed E-state index contributed by atoms with van der Waals surface area (Å²) in [5, 5.41) is 14.7. The molecule has 0 aliphatic rings. The van der Waals surface area contributed by atoms with E-state index in [0.29, 0.717) is 5.92 Å². The van der Waals surface area contributed by atoms with Crippen molar-refractivity contribution in [2.75, 3.05) is 11.9 Å². The molecule has 0 aliphatic heterocycles. The van der Waals surface area contributed by atoms with Crippen LogP contribution in [0, 0.1) is 12.8 Å². The second-order valence-corrected chi connectivity index (χ2v) is 6.73. The maximum atomic E-state index is 4.53. The molecule has 4 nitrogen and oxygen atoms in total. The molecule has 1 N–H and O–H groups in total. The molecule has 0 radical (unpaired) electrons. The molecule has 98 valence electrons. The van der Waals surface area contributed by atoms with Crippen molar-refractivity contribution in [3.05, 3.63) is 10.7 Å². The van der Waals surface area contributed by atoms with E-state index in [-0.39, 0.29) is 0 Å². The molecular weight excluding hydrogens is 264 g/mol. The van der Waals surface area contributed by atoms with Crippen molar-refractivity contribution in [1.29, 1.82) is 0 Å². The molecule has 0 bridgehead atoms. The fourth-order valence-corrected chi connectivity index (χ4v) is 3.40.